The van der Waals surface area contributed by atoms with Gasteiger partial charge in [0.15, 0.2) is 5.78 Å². The van der Waals surface area contributed by atoms with Crippen molar-refractivity contribution in [3.8, 4) is 5.75 Å². The monoisotopic (exact) mass is 245 g/mol. The number of hydrogen-bond acceptors (Lipinski definition) is 3. The Bertz CT molecular complexity index is 465. The lowest BCUT2D eigenvalue weighted by Crippen LogP contribution is -2.19. The number of ketones is 1. The number of ether oxygens (including phenoxy) is 1. The Morgan fingerprint density at radius 1 is 1.39 bits per heavy atom. The highest BCUT2D eigenvalue weighted by Crippen LogP contribution is 2.27. The molecule has 0 radical (unpaired) electrons. The average Bonchev–Trinajstić information content (AvgIpc) is 2.41. The van der Waals surface area contributed by atoms with E-state index in [1.807, 2.05) is 37.4 Å². The van der Waals surface area contributed by atoms with Crippen molar-refractivity contribution < 1.29 is 9.53 Å². The maximum absolute atomic E-state index is 12.0. The number of Topliss-reactive ketones (excluding diaryl/α,β-unsaturated/α-hetero) is 1. The fraction of sp³-hybridized carbons (Fsp3) is 0.400. The van der Waals surface area contributed by atoms with Crippen molar-refractivity contribution in [1.29, 1.82) is 0 Å². The lowest BCUT2D eigenvalue weighted by Gasteiger charge is -2.19. The van der Waals surface area contributed by atoms with E-state index in [2.05, 4.69) is 5.32 Å². The molecule has 0 spiro atoms. The van der Waals surface area contributed by atoms with Crippen molar-refractivity contribution in [1.82, 2.24) is 0 Å². The summed E-state index contributed by atoms with van der Waals surface area (Å²) in [5.74, 6) is 1.21. The molecular weight excluding hydrogens is 226 g/mol. The van der Waals surface area contributed by atoms with Gasteiger partial charge < -0.3 is 10.1 Å². The van der Waals surface area contributed by atoms with Crippen LogP contribution < -0.4 is 10.1 Å². The van der Waals surface area contributed by atoms with E-state index in [0.29, 0.717) is 0 Å². The summed E-state index contributed by atoms with van der Waals surface area (Å²) in [4.78, 5) is 12.0. The molecule has 1 saturated carbocycles. The fourth-order valence-corrected chi connectivity index (χ4v) is 2.24. The summed E-state index contributed by atoms with van der Waals surface area (Å²) < 4.78 is 5.26. The molecule has 1 aliphatic rings. The summed E-state index contributed by atoms with van der Waals surface area (Å²) in [6.45, 7) is 2.00. The number of nitrogens with one attached hydrogen (secondary N) is 1. The molecule has 0 amide bonds. The van der Waals surface area contributed by atoms with Gasteiger partial charge in [-0.15, -0.1) is 0 Å². The van der Waals surface area contributed by atoms with Crippen LogP contribution in [-0.4, -0.2) is 12.9 Å². The molecule has 0 aromatic heterocycles. The Hall–Kier alpha value is -1.77. The van der Waals surface area contributed by atoms with Crippen LogP contribution >= 0.6 is 0 Å². The maximum atomic E-state index is 12.0. The number of hydrogen-bond donors (Lipinski definition) is 1. The van der Waals surface area contributed by atoms with Crippen LogP contribution in [-0.2, 0) is 4.79 Å². The van der Waals surface area contributed by atoms with Gasteiger partial charge in [-0.25, -0.2) is 0 Å². The predicted octanol–water partition coefficient (Wildman–Crippen LogP) is 3.38. The van der Waals surface area contributed by atoms with Crippen LogP contribution in [0.1, 0.15) is 26.2 Å². The first-order chi connectivity index (χ1) is 8.72. The molecule has 0 saturated heterocycles. The van der Waals surface area contributed by atoms with Crippen molar-refractivity contribution in [3.05, 3.63) is 36.0 Å². The summed E-state index contributed by atoms with van der Waals surface area (Å²) in [5, 5.41) is 3.18. The third-order valence-corrected chi connectivity index (χ3v) is 3.36. The molecule has 3 nitrogen and oxygen atoms in total. The molecule has 3 heteroatoms. The SMILES string of the molecule is COc1ccccc1NC=C1CCCC(C)C1=O. The maximum Gasteiger partial charge on any atom is 0.163 e. The lowest BCUT2D eigenvalue weighted by atomic mass is 9.86. The molecule has 1 fully saturated rings. The molecule has 18 heavy (non-hydrogen) atoms. The first-order valence-electron chi connectivity index (χ1n) is 6.35. The van der Waals surface area contributed by atoms with E-state index in [-0.39, 0.29) is 11.7 Å². The molecular formula is C15H19NO2. The third-order valence-electron chi connectivity index (χ3n) is 3.36. The third kappa shape index (κ3) is 2.73. The van der Waals surface area contributed by atoms with Crippen molar-refractivity contribution in [2.45, 2.75) is 26.2 Å². The van der Waals surface area contributed by atoms with Gasteiger partial charge in [-0.3, -0.25) is 4.79 Å². The quantitative estimate of drug-likeness (QED) is 0.830. The van der Waals surface area contributed by atoms with Crippen LogP contribution in [0.5, 0.6) is 5.75 Å². The Labute approximate surface area is 108 Å². The smallest absolute Gasteiger partial charge is 0.163 e. The van der Waals surface area contributed by atoms with Crippen LogP contribution in [0, 0.1) is 5.92 Å². The van der Waals surface area contributed by atoms with E-state index in [1.54, 1.807) is 7.11 Å². The Kier molecular flexibility index (Phi) is 4.03. The number of carbonyl (C=O) groups is 1. The molecule has 1 aromatic rings. The highest BCUT2D eigenvalue weighted by Gasteiger charge is 2.22. The van der Waals surface area contributed by atoms with Crippen LogP contribution in [0.3, 0.4) is 0 Å². The van der Waals surface area contributed by atoms with E-state index in [0.717, 1.165) is 36.3 Å². The molecule has 0 heterocycles. The molecule has 1 unspecified atom stereocenters. The van der Waals surface area contributed by atoms with Crippen LogP contribution in [0.4, 0.5) is 5.69 Å². The Balaban J connectivity index is 2.12. The summed E-state index contributed by atoms with van der Waals surface area (Å²) in [7, 11) is 1.64. The van der Waals surface area contributed by atoms with Crippen molar-refractivity contribution >= 4 is 11.5 Å². The van der Waals surface area contributed by atoms with Gasteiger partial charge in [-0.05, 0) is 31.4 Å². The summed E-state index contributed by atoms with van der Waals surface area (Å²) in [5.41, 5.74) is 1.78. The first kappa shape index (κ1) is 12.7. The minimum absolute atomic E-state index is 0.157. The van der Waals surface area contributed by atoms with Crippen molar-refractivity contribution in [3.63, 3.8) is 0 Å². The zero-order valence-corrected chi connectivity index (χ0v) is 10.9. The van der Waals surface area contributed by atoms with Crippen molar-refractivity contribution in [2.75, 3.05) is 12.4 Å². The molecule has 1 atom stereocenters. The van der Waals surface area contributed by atoms with Gasteiger partial charge in [-0.1, -0.05) is 19.1 Å². The van der Waals surface area contributed by atoms with E-state index < -0.39 is 0 Å². The van der Waals surface area contributed by atoms with Gasteiger partial charge in [0.1, 0.15) is 5.75 Å². The molecule has 1 aliphatic carbocycles. The number of anilines is 1. The second-order valence-electron chi connectivity index (χ2n) is 4.67. The predicted molar refractivity (Wildman–Crippen MR) is 72.7 cm³/mol. The van der Waals surface area contributed by atoms with Crippen LogP contribution in [0.25, 0.3) is 0 Å². The number of para-hydroxylation sites is 2. The highest BCUT2D eigenvalue weighted by atomic mass is 16.5. The molecule has 1 aromatic carbocycles. The zero-order chi connectivity index (χ0) is 13.0. The molecule has 0 bridgehead atoms. The second kappa shape index (κ2) is 5.71. The van der Waals surface area contributed by atoms with Gasteiger partial charge in [0.2, 0.25) is 0 Å². The largest absolute Gasteiger partial charge is 0.495 e. The van der Waals surface area contributed by atoms with Gasteiger partial charge in [0.05, 0.1) is 12.8 Å². The zero-order valence-electron chi connectivity index (χ0n) is 10.9. The molecule has 2 rings (SSSR count). The van der Waals surface area contributed by atoms with Gasteiger partial charge >= 0.3 is 0 Å². The normalized spacial score (nSPS) is 22.0. The highest BCUT2D eigenvalue weighted by molar-refractivity contribution is 5.97. The Morgan fingerprint density at radius 2 is 2.17 bits per heavy atom. The number of rotatable bonds is 3. The second-order valence-corrected chi connectivity index (χ2v) is 4.67. The topological polar surface area (TPSA) is 38.3 Å². The number of allylic oxidation sites excluding steroid dienone is 1. The number of carbonyl (C=O) groups excluding carboxylic acids is 1. The van der Waals surface area contributed by atoms with Crippen LogP contribution in [0.2, 0.25) is 0 Å². The fourth-order valence-electron chi connectivity index (χ4n) is 2.24. The van der Waals surface area contributed by atoms with Gasteiger partial charge in [0, 0.05) is 17.7 Å². The van der Waals surface area contributed by atoms with E-state index in [1.165, 1.54) is 0 Å². The molecule has 96 valence electrons. The summed E-state index contributed by atoms with van der Waals surface area (Å²) >= 11 is 0. The minimum Gasteiger partial charge on any atom is -0.495 e. The summed E-state index contributed by atoms with van der Waals surface area (Å²) in [6.07, 6.45) is 4.79. The van der Waals surface area contributed by atoms with Crippen LogP contribution in [0.15, 0.2) is 36.0 Å². The standard InChI is InChI=1S/C15H19NO2/c1-11-6-5-7-12(15(11)17)10-16-13-8-3-4-9-14(13)18-2/h3-4,8-11,16H,5-7H2,1-2H3. The average molecular weight is 245 g/mol. The first-order valence-corrected chi connectivity index (χ1v) is 6.35. The number of benzene rings is 1. The van der Waals surface area contributed by atoms with Gasteiger partial charge in [0.25, 0.3) is 0 Å². The van der Waals surface area contributed by atoms with E-state index >= 15 is 0 Å². The lowest BCUT2D eigenvalue weighted by molar-refractivity contribution is -0.119. The Morgan fingerprint density at radius 3 is 2.94 bits per heavy atom. The van der Waals surface area contributed by atoms with Crippen molar-refractivity contribution in [2.24, 2.45) is 5.92 Å². The van der Waals surface area contributed by atoms with E-state index in [4.69, 9.17) is 4.74 Å². The minimum atomic E-state index is 0.157. The molecule has 1 N–H and O–H groups in total. The number of methoxy groups -OCH3 is 1. The van der Waals surface area contributed by atoms with Gasteiger partial charge in [-0.2, -0.15) is 0 Å². The van der Waals surface area contributed by atoms with E-state index in [9.17, 15) is 4.79 Å². The molecule has 0 aliphatic heterocycles. The summed E-state index contributed by atoms with van der Waals surface area (Å²) in [6, 6.07) is 7.69.